The van der Waals surface area contributed by atoms with Crippen molar-refractivity contribution in [2.75, 3.05) is 13.7 Å². The number of hydrogen-bond donors (Lipinski definition) is 1. The normalized spacial score (nSPS) is 9.96. The molecule has 0 aliphatic heterocycles. The van der Waals surface area contributed by atoms with Crippen molar-refractivity contribution in [2.24, 2.45) is 0 Å². The van der Waals surface area contributed by atoms with Gasteiger partial charge in [0, 0.05) is 6.54 Å². The summed E-state index contributed by atoms with van der Waals surface area (Å²) in [6, 6.07) is 6.38. The largest absolute Gasteiger partial charge is 0.485 e. The van der Waals surface area contributed by atoms with Crippen LogP contribution in [0.4, 0.5) is 0 Å². The molecular weight excluding hydrogens is 302 g/mol. The number of rotatable bonds is 7. The number of esters is 1. The van der Waals surface area contributed by atoms with Crippen molar-refractivity contribution in [1.82, 2.24) is 15.5 Å². The molecule has 0 fully saturated rings. The molecule has 0 saturated heterocycles. The van der Waals surface area contributed by atoms with E-state index in [-0.39, 0.29) is 18.3 Å². The van der Waals surface area contributed by atoms with Crippen LogP contribution in [-0.4, -0.2) is 35.7 Å². The first-order chi connectivity index (χ1) is 11.1. The van der Waals surface area contributed by atoms with Gasteiger partial charge in [0.15, 0.2) is 6.61 Å². The van der Waals surface area contributed by atoms with Gasteiger partial charge in [0.05, 0.1) is 12.7 Å². The average molecular weight is 317 g/mol. The molecule has 1 aromatic carbocycles. The zero-order valence-corrected chi connectivity index (χ0v) is 12.4. The van der Waals surface area contributed by atoms with Gasteiger partial charge in [0.25, 0.3) is 0 Å². The Labute approximate surface area is 132 Å². The Kier molecular flexibility index (Phi) is 5.45. The molecule has 0 spiro atoms. The molecule has 8 heteroatoms. The Bertz CT molecular complexity index is 693. The number of ether oxygens (including phenoxy) is 2. The molecule has 2 aromatic rings. The first-order valence-corrected chi connectivity index (χ1v) is 6.67. The molecule has 2 rings (SSSR count). The SMILES string of the molecule is C=CCNC(=O)c1nc(COc2ccc(C(=O)OC)cc2)no1. The fraction of sp³-hybridized carbons (Fsp3) is 0.200. The summed E-state index contributed by atoms with van der Waals surface area (Å²) >= 11 is 0. The third-order valence-electron chi connectivity index (χ3n) is 2.71. The van der Waals surface area contributed by atoms with Crippen molar-refractivity contribution in [2.45, 2.75) is 6.61 Å². The van der Waals surface area contributed by atoms with E-state index >= 15 is 0 Å². The molecule has 0 unspecified atom stereocenters. The highest BCUT2D eigenvalue weighted by Gasteiger charge is 2.14. The molecule has 23 heavy (non-hydrogen) atoms. The number of carbonyl (C=O) groups is 2. The molecule has 0 aliphatic rings. The summed E-state index contributed by atoms with van der Waals surface area (Å²) in [7, 11) is 1.31. The third kappa shape index (κ3) is 4.40. The topological polar surface area (TPSA) is 104 Å². The maximum absolute atomic E-state index is 11.6. The number of nitrogens with one attached hydrogen (secondary N) is 1. The van der Waals surface area contributed by atoms with E-state index in [0.29, 0.717) is 17.9 Å². The summed E-state index contributed by atoms with van der Waals surface area (Å²) < 4.78 is 14.9. The second-order valence-electron chi connectivity index (χ2n) is 4.32. The van der Waals surface area contributed by atoms with E-state index < -0.39 is 11.9 Å². The molecule has 1 N–H and O–H groups in total. The Morgan fingerprint density at radius 1 is 1.35 bits per heavy atom. The minimum Gasteiger partial charge on any atom is -0.485 e. The number of hydrogen-bond acceptors (Lipinski definition) is 7. The van der Waals surface area contributed by atoms with Crippen LogP contribution in [0, 0.1) is 0 Å². The predicted molar refractivity (Wildman–Crippen MR) is 78.9 cm³/mol. The monoisotopic (exact) mass is 317 g/mol. The van der Waals surface area contributed by atoms with E-state index in [2.05, 4.69) is 26.8 Å². The standard InChI is InChI=1S/C15H15N3O5/c1-3-8-16-13(19)14-17-12(18-23-14)9-22-11-6-4-10(5-7-11)15(20)21-2/h3-7H,1,8-9H2,2H3,(H,16,19). The Hall–Kier alpha value is -3.16. The van der Waals surface area contributed by atoms with Crippen molar-refractivity contribution in [3.8, 4) is 5.75 Å². The lowest BCUT2D eigenvalue weighted by atomic mass is 10.2. The molecule has 8 nitrogen and oxygen atoms in total. The van der Waals surface area contributed by atoms with Crippen LogP contribution in [-0.2, 0) is 11.3 Å². The fourth-order valence-corrected chi connectivity index (χ4v) is 1.60. The van der Waals surface area contributed by atoms with E-state index in [4.69, 9.17) is 9.26 Å². The van der Waals surface area contributed by atoms with Crippen LogP contribution >= 0.6 is 0 Å². The van der Waals surface area contributed by atoms with Gasteiger partial charge in [-0.2, -0.15) is 4.98 Å². The molecule has 1 heterocycles. The van der Waals surface area contributed by atoms with Crippen molar-refractivity contribution < 1.29 is 23.6 Å². The summed E-state index contributed by atoms with van der Waals surface area (Å²) in [6.45, 7) is 3.82. The molecule has 0 saturated carbocycles. The lowest BCUT2D eigenvalue weighted by Gasteiger charge is -2.04. The maximum atomic E-state index is 11.6. The van der Waals surface area contributed by atoms with Crippen molar-refractivity contribution in [1.29, 1.82) is 0 Å². The van der Waals surface area contributed by atoms with Crippen LogP contribution in [0.15, 0.2) is 41.4 Å². The summed E-state index contributed by atoms with van der Waals surface area (Å²) in [5, 5.41) is 6.17. The molecule has 120 valence electrons. The molecule has 1 aromatic heterocycles. The van der Waals surface area contributed by atoms with E-state index in [9.17, 15) is 9.59 Å². The quantitative estimate of drug-likeness (QED) is 0.607. The minimum atomic E-state index is -0.480. The van der Waals surface area contributed by atoms with Crippen LogP contribution in [0.1, 0.15) is 26.9 Å². The van der Waals surface area contributed by atoms with Gasteiger partial charge in [0.1, 0.15) is 5.75 Å². The minimum absolute atomic E-state index is 0.0236. The van der Waals surface area contributed by atoms with Gasteiger partial charge in [0.2, 0.25) is 5.82 Å². The summed E-state index contributed by atoms with van der Waals surface area (Å²) in [6.07, 6.45) is 1.54. The third-order valence-corrected chi connectivity index (χ3v) is 2.71. The average Bonchev–Trinajstić information content (AvgIpc) is 3.06. The first-order valence-electron chi connectivity index (χ1n) is 6.67. The lowest BCUT2D eigenvalue weighted by Crippen LogP contribution is -2.23. The molecule has 0 radical (unpaired) electrons. The van der Waals surface area contributed by atoms with Crippen LogP contribution in [0.2, 0.25) is 0 Å². The van der Waals surface area contributed by atoms with Crippen molar-refractivity contribution >= 4 is 11.9 Å². The van der Waals surface area contributed by atoms with Gasteiger partial charge < -0.3 is 19.3 Å². The fourth-order valence-electron chi connectivity index (χ4n) is 1.60. The zero-order valence-electron chi connectivity index (χ0n) is 12.4. The van der Waals surface area contributed by atoms with Crippen LogP contribution in [0.5, 0.6) is 5.75 Å². The summed E-state index contributed by atoms with van der Waals surface area (Å²) in [4.78, 5) is 26.8. The maximum Gasteiger partial charge on any atom is 0.337 e. The molecule has 0 bridgehead atoms. The van der Waals surface area contributed by atoms with Crippen molar-refractivity contribution in [3.05, 3.63) is 54.2 Å². The molecular formula is C15H15N3O5. The molecule has 0 atom stereocenters. The smallest absolute Gasteiger partial charge is 0.337 e. The van der Waals surface area contributed by atoms with Gasteiger partial charge in [-0.25, -0.2) is 4.79 Å². The second kappa shape index (κ2) is 7.74. The highest BCUT2D eigenvalue weighted by atomic mass is 16.5. The van der Waals surface area contributed by atoms with Gasteiger partial charge in [-0.15, -0.1) is 6.58 Å². The molecule has 1 amide bonds. The van der Waals surface area contributed by atoms with E-state index in [0.717, 1.165) is 0 Å². The van der Waals surface area contributed by atoms with Gasteiger partial charge >= 0.3 is 17.8 Å². The number of amides is 1. The number of methoxy groups -OCH3 is 1. The van der Waals surface area contributed by atoms with Gasteiger partial charge in [-0.1, -0.05) is 11.2 Å². The van der Waals surface area contributed by atoms with E-state index in [1.807, 2.05) is 0 Å². The van der Waals surface area contributed by atoms with Gasteiger partial charge in [-0.3, -0.25) is 4.79 Å². The first kappa shape index (κ1) is 16.2. The summed E-state index contributed by atoms with van der Waals surface area (Å²) in [5.74, 6) is -0.312. The number of carbonyl (C=O) groups excluding carboxylic acids is 2. The second-order valence-corrected chi connectivity index (χ2v) is 4.32. The van der Waals surface area contributed by atoms with Crippen LogP contribution < -0.4 is 10.1 Å². The Morgan fingerprint density at radius 2 is 2.09 bits per heavy atom. The summed E-state index contributed by atoms with van der Waals surface area (Å²) in [5.41, 5.74) is 0.417. The zero-order chi connectivity index (χ0) is 16.7. The lowest BCUT2D eigenvalue weighted by molar-refractivity contribution is 0.0600. The van der Waals surface area contributed by atoms with Crippen molar-refractivity contribution in [3.63, 3.8) is 0 Å². The predicted octanol–water partition coefficient (Wildman–Crippen LogP) is 1.35. The van der Waals surface area contributed by atoms with Crippen LogP contribution in [0.3, 0.4) is 0 Å². The molecule has 0 aliphatic carbocycles. The number of benzene rings is 1. The Morgan fingerprint density at radius 3 is 2.74 bits per heavy atom. The van der Waals surface area contributed by atoms with Gasteiger partial charge in [-0.05, 0) is 24.3 Å². The van der Waals surface area contributed by atoms with Crippen LogP contribution in [0.25, 0.3) is 0 Å². The van der Waals surface area contributed by atoms with E-state index in [1.54, 1.807) is 24.3 Å². The van der Waals surface area contributed by atoms with E-state index in [1.165, 1.54) is 13.2 Å². The highest BCUT2D eigenvalue weighted by Crippen LogP contribution is 2.14. The number of aromatic nitrogens is 2. The highest BCUT2D eigenvalue weighted by molar-refractivity contribution is 5.89. The number of nitrogens with zero attached hydrogens (tertiary/aromatic N) is 2. The Balaban J connectivity index is 1.91.